The molecule has 0 radical (unpaired) electrons. The van der Waals surface area contributed by atoms with Crippen molar-refractivity contribution in [2.24, 2.45) is 0 Å². The van der Waals surface area contributed by atoms with E-state index in [0.717, 1.165) is 0 Å². The minimum atomic E-state index is -0.196. The molecule has 1 amide bonds. The number of anilines is 2. The quantitative estimate of drug-likeness (QED) is 0.869. The minimum Gasteiger partial charge on any atom is -0.360 e. The maximum absolute atomic E-state index is 11.7. The molecule has 0 aromatic carbocycles. The predicted molar refractivity (Wildman–Crippen MR) is 69.2 cm³/mol. The molecule has 19 heavy (non-hydrogen) atoms. The Kier molecular flexibility index (Phi) is 3.74. The lowest BCUT2D eigenvalue weighted by Gasteiger charge is -2.07. The number of carbonyl (C=O) groups excluding carboxylic acids is 1. The second-order valence-electron chi connectivity index (χ2n) is 4.37. The van der Waals surface area contributed by atoms with Crippen LogP contribution in [0.1, 0.15) is 30.0 Å². The fraction of sp³-hybridized carbons (Fsp3) is 0.333. The van der Waals surface area contributed by atoms with Crippen molar-refractivity contribution in [2.75, 3.05) is 5.32 Å². The van der Waals surface area contributed by atoms with Gasteiger partial charge in [-0.1, -0.05) is 5.16 Å². The fourth-order valence-electron chi connectivity index (χ4n) is 1.40. The molecule has 0 saturated heterocycles. The molecule has 2 aromatic heterocycles. The molecule has 0 unspecified atom stereocenters. The van der Waals surface area contributed by atoms with Crippen LogP contribution < -0.4 is 10.6 Å². The van der Waals surface area contributed by atoms with Gasteiger partial charge in [-0.15, -0.1) is 0 Å². The van der Waals surface area contributed by atoms with E-state index in [-0.39, 0.29) is 11.9 Å². The van der Waals surface area contributed by atoms with Crippen LogP contribution in [0.3, 0.4) is 0 Å². The predicted octanol–water partition coefficient (Wildman–Crippen LogP) is 1.65. The van der Waals surface area contributed by atoms with Crippen molar-refractivity contribution in [1.29, 1.82) is 0 Å². The zero-order valence-electron chi connectivity index (χ0n) is 11.0. The van der Waals surface area contributed by atoms with Gasteiger partial charge in [0.25, 0.3) is 5.91 Å². The normalized spacial score (nSPS) is 10.5. The Balaban J connectivity index is 2.04. The second kappa shape index (κ2) is 5.47. The Labute approximate surface area is 110 Å². The molecular weight excluding hydrogens is 246 g/mol. The van der Waals surface area contributed by atoms with E-state index in [1.165, 1.54) is 12.4 Å². The zero-order chi connectivity index (χ0) is 13.8. The fourth-order valence-corrected chi connectivity index (χ4v) is 1.40. The molecule has 0 spiro atoms. The molecule has 7 heteroatoms. The first-order chi connectivity index (χ1) is 9.04. The van der Waals surface area contributed by atoms with Gasteiger partial charge in [-0.25, -0.2) is 9.97 Å². The summed E-state index contributed by atoms with van der Waals surface area (Å²) >= 11 is 0. The van der Waals surface area contributed by atoms with E-state index in [0.29, 0.717) is 23.1 Å². The van der Waals surface area contributed by atoms with E-state index >= 15 is 0 Å². The summed E-state index contributed by atoms with van der Waals surface area (Å²) in [4.78, 5) is 19.8. The summed E-state index contributed by atoms with van der Waals surface area (Å²) in [5.74, 6) is 1.38. The summed E-state index contributed by atoms with van der Waals surface area (Å²) in [5.41, 5.74) is 0.413. The molecule has 0 saturated carbocycles. The topological polar surface area (TPSA) is 92.9 Å². The summed E-state index contributed by atoms with van der Waals surface area (Å²) in [7, 11) is 0. The molecule has 0 fully saturated rings. The van der Waals surface area contributed by atoms with Gasteiger partial charge in [0, 0.05) is 24.5 Å². The molecule has 7 nitrogen and oxygen atoms in total. The number of hydrogen-bond acceptors (Lipinski definition) is 6. The minimum absolute atomic E-state index is 0.0726. The van der Waals surface area contributed by atoms with Crippen LogP contribution in [0, 0.1) is 6.92 Å². The van der Waals surface area contributed by atoms with Gasteiger partial charge in [-0.05, 0) is 20.8 Å². The average Bonchev–Trinajstić information content (AvgIpc) is 2.75. The summed E-state index contributed by atoms with van der Waals surface area (Å²) in [6, 6.07) is 1.80. The molecule has 2 rings (SSSR count). The van der Waals surface area contributed by atoms with Gasteiger partial charge >= 0.3 is 0 Å². The van der Waals surface area contributed by atoms with Crippen LogP contribution in [0.25, 0.3) is 0 Å². The van der Waals surface area contributed by atoms with E-state index in [9.17, 15) is 4.79 Å². The Morgan fingerprint density at radius 3 is 2.53 bits per heavy atom. The molecule has 0 atom stereocenters. The van der Waals surface area contributed by atoms with Gasteiger partial charge in [-0.3, -0.25) is 4.79 Å². The first kappa shape index (κ1) is 13.0. The summed E-state index contributed by atoms with van der Waals surface area (Å²) in [6.07, 6.45) is 2.92. The van der Waals surface area contributed by atoms with Gasteiger partial charge in [0.05, 0.1) is 5.56 Å². The third-order valence-corrected chi connectivity index (χ3v) is 2.20. The molecule has 0 aliphatic heterocycles. The third-order valence-electron chi connectivity index (χ3n) is 2.20. The van der Waals surface area contributed by atoms with Crippen LogP contribution >= 0.6 is 0 Å². The molecule has 2 heterocycles. The van der Waals surface area contributed by atoms with E-state index in [1.54, 1.807) is 13.0 Å². The summed E-state index contributed by atoms with van der Waals surface area (Å²) in [6.45, 7) is 5.57. The standard InChI is InChI=1S/C12H15N5O2/c1-7(2)15-11(18)9-5-13-12(14-6-9)16-10-4-8(3)19-17-10/h4-7H,1-3H3,(H,15,18)(H,13,14,16,17). The lowest BCUT2D eigenvalue weighted by atomic mass is 10.3. The molecular formula is C12H15N5O2. The highest BCUT2D eigenvalue weighted by Gasteiger charge is 2.09. The van der Waals surface area contributed by atoms with Gasteiger partial charge in [0.1, 0.15) is 5.76 Å². The van der Waals surface area contributed by atoms with Crippen LogP contribution in [0.4, 0.5) is 11.8 Å². The van der Waals surface area contributed by atoms with Crippen LogP contribution in [0.2, 0.25) is 0 Å². The first-order valence-electron chi connectivity index (χ1n) is 5.88. The van der Waals surface area contributed by atoms with Crippen molar-refractivity contribution in [3.8, 4) is 0 Å². The van der Waals surface area contributed by atoms with Crippen molar-refractivity contribution in [3.05, 3.63) is 29.8 Å². The Bertz CT molecular complexity index is 562. The molecule has 2 aromatic rings. The number of rotatable bonds is 4. The number of aryl methyl sites for hydroxylation is 1. The largest absolute Gasteiger partial charge is 0.360 e. The summed E-state index contributed by atoms with van der Waals surface area (Å²) in [5, 5.41) is 9.40. The van der Waals surface area contributed by atoms with E-state index in [1.807, 2.05) is 13.8 Å². The lowest BCUT2D eigenvalue weighted by Crippen LogP contribution is -2.30. The molecule has 0 bridgehead atoms. The smallest absolute Gasteiger partial charge is 0.254 e. The Morgan fingerprint density at radius 1 is 1.32 bits per heavy atom. The van der Waals surface area contributed by atoms with Crippen molar-refractivity contribution in [3.63, 3.8) is 0 Å². The van der Waals surface area contributed by atoms with E-state index in [4.69, 9.17) is 4.52 Å². The van der Waals surface area contributed by atoms with E-state index < -0.39 is 0 Å². The number of nitrogens with zero attached hydrogens (tertiary/aromatic N) is 3. The first-order valence-corrected chi connectivity index (χ1v) is 5.88. The molecule has 2 N–H and O–H groups in total. The third kappa shape index (κ3) is 3.51. The van der Waals surface area contributed by atoms with Crippen molar-refractivity contribution in [2.45, 2.75) is 26.8 Å². The highest BCUT2D eigenvalue weighted by Crippen LogP contribution is 2.12. The number of carbonyl (C=O) groups is 1. The Hall–Kier alpha value is -2.44. The maximum atomic E-state index is 11.7. The highest BCUT2D eigenvalue weighted by atomic mass is 16.5. The van der Waals surface area contributed by atoms with Gasteiger partial charge in [0.2, 0.25) is 5.95 Å². The number of nitrogens with one attached hydrogen (secondary N) is 2. The van der Waals surface area contributed by atoms with Crippen LogP contribution in [0.15, 0.2) is 23.0 Å². The number of hydrogen-bond donors (Lipinski definition) is 2. The SMILES string of the molecule is Cc1cc(Nc2ncc(C(=O)NC(C)C)cn2)no1. The summed E-state index contributed by atoms with van der Waals surface area (Å²) < 4.78 is 4.91. The zero-order valence-corrected chi connectivity index (χ0v) is 11.0. The van der Waals surface area contributed by atoms with E-state index in [2.05, 4.69) is 25.8 Å². The van der Waals surface area contributed by atoms with Crippen molar-refractivity contribution >= 4 is 17.7 Å². The number of amides is 1. The van der Waals surface area contributed by atoms with Crippen LogP contribution in [-0.4, -0.2) is 27.1 Å². The van der Waals surface area contributed by atoms with Gasteiger partial charge < -0.3 is 15.2 Å². The monoisotopic (exact) mass is 261 g/mol. The van der Waals surface area contributed by atoms with Crippen molar-refractivity contribution in [1.82, 2.24) is 20.4 Å². The lowest BCUT2D eigenvalue weighted by molar-refractivity contribution is 0.0942. The second-order valence-corrected chi connectivity index (χ2v) is 4.37. The van der Waals surface area contributed by atoms with Gasteiger partial charge in [0.15, 0.2) is 5.82 Å². The Morgan fingerprint density at radius 2 is 2.00 bits per heavy atom. The molecule has 0 aliphatic rings. The van der Waals surface area contributed by atoms with Crippen LogP contribution in [-0.2, 0) is 0 Å². The molecule has 0 aliphatic carbocycles. The van der Waals surface area contributed by atoms with Crippen molar-refractivity contribution < 1.29 is 9.32 Å². The van der Waals surface area contributed by atoms with Gasteiger partial charge in [-0.2, -0.15) is 0 Å². The maximum Gasteiger partial charge on any atom is 0.254 e. The van der Waals surface area contributed by atoms with Crippen LogP contribution in [0.5, 0.6) is 0 Å². The highest BCUT2D eigenvalue weighted by molar-refractivity contribution is 5.93. The average molecular weight is 261 g/mol. The number of aromatic nitrogens is 3. The molecule has 100 valence electrons.